The van der Waals surface area contributed by atoms with E-state index >= 15 is 0 Å². The molecule has 0 rings (SSSR count). The molecule has 0 aliphatic carbocycles. The Morgan fingerprint density at radius 1 is 1.33 bits per heavy atom. The minimum atomic E-state index is -0.718. The van der Waals surface area contributed by atoms with Crippen LogP contribution >= 0.6 is 12.2 Å². The van der Waals surface area contributed by atoms with Gasteiger partial charge in [-0.2, -0.15) is 0 Å². The molecule has 0 heterocycles. The summed E-state index contributed by atoms with van der Waals surface area (Å²) >= 11 is 4.97. The average Bonchev–Trinajstić information content (AvgIpc) is 2.37. The Morgan fingerprint density at radius 2 is 1.89 bits per heavy atom. The number of amides is 1. The van der Waals surface area contributed by atoms with Crippen LogP contribution in [0.2, 0.25) is 0 Å². The minimum Gasteiger partial charge on any atom is -0.392 e. The van der Waals surface area contributed by atoms with E-state index in [0.717, 1.165) is 26.1 Å². The monoisotopic (exact) mass is 273 g/mol. The van der Waals surface area contributed by atoms with E-state index in [1.165, 1.54) is 0 Å². The van der Waals surface area contributed by atoms with E-state index in [1.54, 1.807) is 6.92 Å². The number of carbonyl (C=O) groups excluding carboxylic acids is 1. The smallest absolute Gasteiger partial charge is 0.232 e. The second kappa shape index (κ2) is 8.43. The lowest BCUT2D eigenvalue weighted by molar-refractivity contribution is -0.126. The van der Waals surface area contributed by atoms with Crippen molar-refractivity contribution >= 4 is 23.1 Å². The van der Waals surface area contributed by atoms with Gasteiger partial charge in [-0.25, -0.2) is 0 Å². The van der Waals surface area contributed by atoms with Crippen LogP contribution < -0.4 is 11.1 Å². The van der Waals surface area contributed by atoms with Crippen molar-refractivity contribution in [2.45, 2.75) is 40.5 Å². The van der Waals surface area contributed by atoms with Gasteiger partial charge in [0, 0.05) is 6.54 Å². The Balaban J connectivity index is 4.07. The molecule has 0 saturated carbocycles. The lowest BCUT2D eigenvalue weighted by Gasteiger charge is -2.26. The maximum absolute atomic E-state index is 12.0. The molecular weight excluding hydrogens is 246 g/mol. The highest BCUT2D eigenvalue weighted by molar-refractivity contribution is 7.80. The summed E-state index contributed by atoms with van der Waals surface area (Å²) in [5.41, 5.74) is 4.92. The van der Waals surface area contributed by atoms with Crippen LogP contribution in [0.15, 0.2) is 0 Å². The zero-order chi connectivity index (χ0) is 14.2. The van der Waals surface area contributed by atoms with Gasteiger partial charge in [-0.15, -0.1) is 0 Å². The second-order valence-corrected chi connectivity index (χ2v) is 5.13. The largest absolute Gasteiger partial charge is 0.392 e. The molecule has 18 heavy (non-hydrogen) atoms. The second-order valence-electron chi connectivity index (χ2n) is 4.69. The normalized spacial score (nSPS) is 14.3. The van der Waals surface area contributed by atoms with Gasteiger partial charge in [0.05, 0.1) is 10.4 Å². The van der Waals surface area contributed by atoms with Crippen LogP contribution in [-0.2, 0) is 4.79 Å². The minimum absolute atomic E-state index is 0.0583. The van der Waals surface area contributed by atoms with Gasteiger partial charge in [-0.1, -0.05) is 33.0 Å². The van der Waals surface area contributed by atoms with E-state index in [-0.39, 0.29) is 10.9 Å². The molecule has 5 heteroatoms. The van der Waals surface area contributed by atoms with Gasteiger partial charge in [0.1, 0.15) is 0 Å². The Labute approximate surface area is 116 Å². The number of nitrogens with zero attached hydrogens (tertiary/aromatic N) is 1. The van der Waals surface area contributed by atoms with Crippen molar-refractivity contribution in [3.05, 3.63) is 0 Å². The van der Waals surface area contributed by atoms with Gasteiger partial charge in [0.25, 0.3) is 0 Å². The molecule has 0 spiro atoms. The maximum Gasteiger partial charge on any atom is 0.232 e. The highest BCUT2D eigenvalue weighted by atomic mass is 32.1. The molecule has 1 amide bonds. The van der Waals surface area contributed by atoms with Gasteiger partial charge in [0.2, 0.25) is 5.91 Å². The zero-order valence-corrected chi connectivity index (χ0v) is 12.9. The maximum atomic E-state index is 12.0. The predicted molar refractivity (Wildman–Crippen MR) is 80.6 cm³/mol. The summed E-state index contributed by atoms with van der Waals surface area (Å²) in [6.45, 7) is 11.8. The number of nitrogens with one attached hydrogen (secondary N) is 1. The van der Waals surface area contributed by atoms with Crippen molar-refractivity contribution < 1.29 is 4.79 Å². The summed E-state index contributed by atoms with van der Waals surface area (Å²) in [7, 11) is 0. The van der Waals surface area contributed by atoms with E-state index in [0.29, 0.717) is 13.0 Å². The standard InChI is InChI=1S/C13H27N3OS/c1-5-13(4,11(14)18)12(17)15-9-8-10-16(6-2)7-3/h5-10H2,1-4H3,(H2,14,18)(H,15,17). The molecule has 0 aromatic carbocycles. The van der Waals surface area contributed by atoms with E-state index in [2.05, 4.69) is 24.1 Å². The Morgan fingerprint density at radius 3 is 2.28 bits per heavy atom. The Kier molecular flexibility index (Phi) is 8.11. The van der Waals surface area contributed by atoms with Crippen LogP contribution in [0.1, 0.15) is 40.5 Å². The van der Waals surface area contributed by atoms with Gasteiger partial charge < -0.3 is 16.0 Å². The van der Waals surface area contributed by atoms with Crippen LogP contribution in [0.25, 0.3) is 0 Å². The first kappa shape index (κ1) is 17.3. The van der Waals surface area contributed by atoms with Crippen LogP contribution in [-0.4, -0.2) is 42.0 Å². The first-order valence-corrected chi connectivity index (χ1v) is 7.13. The van der Waals surface area contributed by atoms with Gasteiger partial charge in [-0.05, 0) is 39.4 Å². The number of carbonyl (C=O) groups is 1. The summed E-state index contributed by atoms with van der Waals surface area (Å²) in [5, 5.41) is 2.93. The number of hydrogen-bond donors (Lipinski definition) is 2. The Bertz CT molecular complexity index is 279. The van der Waals surface area contributed by atoms with Crippen molar-refractivity contribution in [1.29, 1.82) is 0 Å². The van der Waals surface area contributed by atoms with Crippen molar-refractivity contribution in [2.75, 3.05) is 26.2 Å². The van der Waals surface area contributed by atoms with Crippen molar-refractivity contribution in [2.24, 2.45) is 11.1 Å². The molecule has 0 aromatic heterocycles. The summed E-state index contributed by atoms with van der Waals surface area (Å²) < 4.78 is 0. The molecule has 4 nitrogen and oxygen atoms in total. The molecule has 0 bridgehead atoms. The van der Waals surface area contributed by atoms with Crippen LogP contribution in [0, 0.1) is 5.41 Å². The van der Waals surface area contributed by atoms with E-state index in [4.69, 9.17) is 18.0 Å². The van der Waals surface area contributed by atoms with Crippen molar-refractivity contribution in [3.8, 4) is 0 Å². The lowest BCUT2D eigenvalue weighted by atomic mass is 9.86. The SMILES string of the molecule is CCN(CC)CCCNC(=O)C(C)(CC)C(N)=S. The molecule has 1 atom stereocenters. The fraction of sp³-hybridized carbons (Fsp3) is 0.846. The van der Waals surface area contributed by atoms with Crippen LogP contribution in [0.5, 0.6) is 0 Å². The summed E-state index contributed by atoms with van der Waals surface area (Å²) in [6.07, 6.45) is 1.58. The van der Waals surface area contributed by atoms with E-state index < -0.39 is 5.41 Å². The number of rotatable bonds is 9. The molecule has 0 aliphatic rings. The molecule has 3 N–H and O–H groups in total. The summed E-state index contributed by atoms with van der Waals surface area (Å²) in [5.74, 6) is -0.0583. The topological polar surface area (TPSA) is 58.4 Å². The molecular formula is C13H27N3OS. The van der Waals surface area contributed by atoms with E-state index in [9.17, 15) is 4.79 Å². The van der Waals surface area contributed by atoms with Gasteiger partial charge in [0.15, 0.2) is 0 Å². The molecule has 0 saturated heterocycles. The predicted octanol–water partition coefficient (Wildman–Crippen LogP) is 1.54. The van der Waals surface area contributed by atoms with Crippen LogP contribution in [0.3, 0.4) is 0 Å². The molecule has 0 aliphatic heterocycles. The first-order valence-electron chi connectivity index (χ1n) is 6.72. The first-order chi connectivity index (χ1) is 8.42. The third kappa shape index (κ3) is 4.90. The van der Waals surface area contributed by atoms with E-state index in [1.807, 2.05) is 6.92 Å². The fourth-order valence-electron chi connectivity index (χ4n) is 1.69. The molecule has 0 aromatic rings. The fourth-order valence-corrected chi connectivity index (χ4v) is 1.92. The summed E-state index contributed by atoms with van der Waals surface area (Å²) in [6, 6.07) is 0. The Hall–Kier alpha value is -0.680. The quantitative estimate of drug-likeness (QED) is 0.494. The zero-order valence-electron chi connectivity index (χ0n) is 12.1. The number of nitrogens with two attached hydrogens (primary N) is 1. The highest BCUT2D eigenvalue weighted by Crippen LogP contribution is 2.21. The van der Waals surface area contributed by atoms with Crippen LogP contribution in [0.4, 0.5) is 0 Å². The van der Waals surface area contributed by atoms with Gasteiger partial charge in [-0.3, -0.25) is 4.79 Å². The van der Waals surface area contributed by atoms with Gasteiger partial charge >= 0.3 is 0 Å². The average molecular weight is 273 g/mol. The number of hydrogen-bond acceptors (Lipinski definition) is 3. The molecule has 0 fully saturated rings. The third-order valence-electron chi connectivity index (χ3n) is 3.58. The highest BCUT2D eigenvalue weighted by Gasteiger charge is 2.34. The molecule has 0 radical (unpaired) electrons. The van der Waals surface area contributed by atoms with Crippen molar-refractivity contribution in [3.63, 3.8) is 0 Å². The molecule has 106 valence electrons. The number of thiocarbonyl (C=S) groups is 1. The molecule has 1 unspecified atom stereocenters. The summed E-state index contributed by atoms with van der Waals surface area (Å²) in [4.78, 5) is 14.6. The third-order valence-corrected chi connectivity index (χ3v) is 4.03. The van der Waals surface area contributed by atoms with Crippen molar-refractivity contribution in [1.82, 2.24) is 10.2 Å². The lowest BCUT2D eigenvalue weighted by Crippen LogP contribution is -2.47.